The van der Waals surface area contributed by atoms with Crippen LogP contribution in [-0.2, 0) is 0 Å². The summed E-state index contributed by atoms with van der Waals surface area (Å²) in [5.74, 6) is -0.825. The zero-order valence-corrected chi connectivity index (χ0v) is 9.94. The third-order valence-electron chi connectivity index (χ3n) is 2.83. The number of nitrogens with zero attached hydrogens (tertiary/aromatic N) is 1. The molecule has 88 valence electrons. The normalized spacial score (nSPS) is 10.5. The third-order valence-corrected chi connectivity index (χ3v) is 2.83. The Morgan fingerprint density at radius 1 is 1.29 bits per heavy atom. The predicted octanol–water partition coefficient (Wildman–Crippen LogP) is 2.97. The number of hydrogen-bond acceptors (Lipinski definition) is 3. The molecule has 1 aromatic carbocycles. The number of aromatic nitrogens is 1. The lowest BCUT2D eigenvalue weighted by Crippen LogP contribution is -1.95. The van der Waals surface area contributed by atoms with Gasteiger partial charge in [0.2, 0.25) is 11.7 Å². The Morgan fingerprint density at radius 3 is 2.59 bits per heavy atom. The van der Waals surface area contributed by atoms with E-state index in [0.29, 0.717) is 11.6 Å². The number of carboxylic acid groups (broad SMARTS) is 1. The smallest absolute Gasteiger partial charge is 0.373 e. The largest absolute Gasteiger partial charge is 0.475 e. The first-order chi connectivity index (χ1) is 8.00. The van der Waals surface area contributed by atoms with Crippen molar-refractivity contribution in [1.29, 1.82) is 0 Å². The average molecular weight is 231 g/mol. The van der Waals surface area contributed by atoms with Crippen molar-refractivity contribution in [2.75, 3.05) is 0 Å². The number of rotatable bonds is 2. The quantitative estimate of drug-likeness (QED) is 0.863. The van der Waals surface area contributed by atoms with E-state index in [1.165, 1.54) is 0 Å². The molecule has 0 atom stereocenters. The van der Waals surface area contributed by atoms with Crippen LogP contribution in [0.4, 0.5) is 0 Å². The van der Waals surface area contributed by atoms with Crippen LogP contribution in [0.3, 0.4) is 0 Å². The molecule has 0 saturated heterocycles. The van der Waals surface area contributed by atoms with Crippen LogP contribution in [0.25, 0.3) is 11.5 Å². The maximum Gasteiger partial charge on any atom is 0.373 e. The minimum Gasteiger partial charge on any atom is -0.475 e. The Bertz CT molecular complexity index is 584. The minimum absolute atomic E-state index is 0.0964. The Morgan fingerprint density at radius 2 is 2.00 bits per heavy atom. The van der Waals surface area contributed by atoms with E-state index in [1.807, 2.05) is 32.0 Å². The topological polar surface area (TPSA) is 63.3 Å². The van der Waals surface area contributed by atoms with Gasteiger partial charge in [0.25, 0.3) is 0 Å². The monoisotopic (exact) mass is 231 g/mol. The van der Waals surface area contributed by atoms with Gasteiger partial charge in [-0.3, -0.25) is 0 Å². The SMILES string of the molecule is Cc1cccc(-c2nc(C)c(C(=O)O)o2)c1C. The Labute approximate surface area is 98.9 Å². The zero-order valence-electron chi connectivity index (χ0n) is 9.94. The molecule has 0 aliphatic carbocycles. The first-order valence-corrected chi connectivity index (χ1v) is 5.28. The van der Waals surface area contributed by atoms with E-state index in [0.717, 1.165) is 16.7 Å². The van der Waals surface area contributed by atoms with Crippen LogP contribution < -0.4 is 0 Å². The van der Waals surface area contributed by atoms with Gasteiger partial charge in [-0.2, -0.15) is 0 Å². The van der Waals surface area contributed by atoms with E-state index in [-0.39, 0.29) is 5.76 Å². The van der Waals surface area contributed by atoms with Gasteiger partial charge in [0, 0.05) is 5.56 Å². The van der Waals surface area contributed by atoms with Crippen LogP contribution in [0.5, 0.6) is 0 Å². The molecule has 2 rings (SSSR count). The maximum absolute atomic E-state index is 10.9. The minimum atomic E-state index is -1.09. The van der Waals surface area contributed by atoms with E-state index >= 15 is 0 Å². The summed E-state index contributed by atoms with van der Waals surface area (Å²) in [6.07, 6.45) is 0. The van der Waals surface area contributed by atoms with E-state index in [1.54, 1.807) is 6.92 Å². The summed E-state index contributed by atoms with van der Waals surface area (Å²) < 4.78 is 5.29. The molecule has 2 aromatic rings. The van der Waals surface area contributed by atoms with Gasteiger partial charge < -0.3 is 9.52 Å². The third kappa shape index (κ3) is 1.93. The van der Waals surface area contributed by atoms with Gasteiger partial charge in [0.1, 0.15) is 0 Å². The second kappa shape index (κ2) is 4.05. The van der Waals surface area contributed by atoms with Crippen molar-refractivity contribution in [1.82, 2.24) is 4.98 Å². The van der Waals surface area contributed by atoms with Gasteiger partial charge in [-0.25, -0.2) is 9.78 Å². The highest BCUT2D eigenvalue weighted by Crippen LogP contribution is 2.26. The molecular formula is C13H13NO3. The fourth-order valence-electron chi connectivity index (χ4n) is 1.69. The Balaban J connectivity index is 2.58. The van der Waals surface area contributed by atoms with E-state index in [2.05, 4.69) is 4.98 Å². The number of carbonyl (C=O) groups is 1. The van der Waals surface area contributed by atoms with E-state index in [4.69, 9.17) is 9.52 Å². The van der Waals surface area contributed by atoms with Crippen molar-refractivity contribution in [2.45, 2.75) is 20.8 Å². The molecule has 1 heterocycles. The van der Waals surface area contributed by atoms with Crippen LogP contribution in [0, 0.1) is 20.8 Å². The van der Waals surface area contributed by atoms with Crippen LogP contribution in [-0.4, -0.2) is 16.1 Å². The first-order valence-electron chi connectivity index (χ1n) is 5.28. The highest BCUT2D eigenvalue weighted by molar-refractivity contribution is 5.86. The lowest BCUT2D eigenvalue weighted by atomic mass is 10.0. The van der Waals surface area contributed by atoms with Crippen molar-refractivity contribution >= 4 is 5.97 Å². The molecule has 0 unspecified atom stereocenters. The number of carboxylic acids is 1. The lowest BCUT2D eigenvalue weighted by molar-refractivity contribution is 0.0662. The Kier molecular flexibility index (Phi) is 2.71. The van der Waals surface area contributed by atoms with Crippen LogP contribution >= 0.6 is 0 Å². The number of benzene rings is 1. The van der Waals surface area contributed by atoms with E-state index < -0.39 is 5.97 Å². The fourth-order valence-corrected chi connectivity index (χ4v) is 1.69. The summed E-state index contributed by atoms with van der Waals surface area (Å²) in [4.78, 5) is 15.0. The highest BCUT2D eigenvalue weighted by atomic mass is 16.4. The molecule has 1 aromatic heterocycles. The summed E-state index contributed by atoms with van der Waals surface area (Å²) >= 11 is 0. The molecule has 0 bridgehead atoms. The second-order valence-electron chi connectivity index (χ2n) is 3.99. The van der Waals surface area contributed by atoms with Gasteiger partial charge in [0.05, 0.1) is 5.69 Å². The fraction of sp³-hybridized carbons (Fsp3) is 0.231. The summed E-state index contributed by atoms with van der Waals surface area (Å²) in [5, 5.41) is 8.92. The second-order valence-corrected chi connectivity index (χ2v) is 3.99. The molecule has 1 N–H and O–H groups in total. The predicted molar refractivity (Wildman–Crippen MR) is 63.1 cm³/mol. The summed E-state index contributed by atoms with van der Waals surface area (Å²) in [5.41, 5.74) is 3.40. The highest BCUT2D eigenvalue weighted by Gasteiger charge is 2.18. The molecule has 0 aliphatic rings. The number of aryl methyl sites for hydroxylation is 2. The molecule has 0 saturated carbocycles. The Hall–Kier alpha value is -2.10. The molecule has 0 amide bonds. The standard InChI is InChI=1S/C13H13NO3/c1-7-5-4-6-10(8(7)2)12-14-9(3)11(17-12)13(15)16/h4-6H,1-3H3,(H,15,16). The molecular weight excluding hydrogens is 218 g/mol. The number of oxazole rings is 1. The molecule has 0 radical (unpaired) electrons. The molecule has 4 nitrogen and oxygen atoms in total. The molecule has 0 fully saturated rings. The molecule has 4 heteroatoms. The van der Waals surface area contributed by atoms with Crippen LogP contribution in [0.1, 0.15) is 27.4 Å². The van der Waals surface area contributed by atoms with Gasteiger partial charge >= 0.3 is 5.97 Å². The number of hydrogen-bond donors (Lipinski definition) is 1. The maximum atomic E-state index is 10.9. The van der Waals surface area contributed by atoms with Crippen molar-refractivity contribution in [2.24, 2.45) is 0 Å². The van der Waals surface area contributed by atoms with Gasteiger partial charge in [-0.05, 0) is 38.0 Å². The van der Waals surface area contributed by atoms with Crippen molar-refractivity contribution < 1.29 is 14.3 Å². The van der Waals surface area contributed by atoms with E-state index in [9.17, 15) is 4.79 Å². The molecule has 17 heavy (non-hydrogen) atoms. The zero-order chi connectivity index (χ0) is 12.6. The van der Waals surface area contributed by atoms with Gasteiger partial charge in [-0.1, -0.05) is 12.1 Å². The summed E-state index contributed by atoms with van der Waals surface area (Å²) in [6, 6.07) is 5.77. The average Bonchev–Trinajstić information content (AvgIpc) is 2.64. The lowest BCUT2D eigenvalue weighted by Gasteiger charge is -2.03. The number of aromatic carboxylic acids is 1. The summed E-state index contributed by atoms with van der Waals surface area (Å²) in [7, 11) is 0. The van der Waals surface area contributed by atoms with Crippen molar-refractivity contribution in [3.63, 3.8) is 0 Å². The van der Waals surface area contributed by atoms with Gasteiger partial charge in [-0.15, -0.1) is 0 Å². The van der Waals surface area contributed by atoms with Crippen molar-refractivity contribution in [3.05, 3.63) is 40.8 Å². The molecule has 0 spiro atoms. The van der Waals surface area contributed by atoms with Crippen LogP contribution in [0.15, 0.2) is 22.6 Å². The van der Waals surface area contributed by atoms with Crippen molar-refractivity contribution in [3.8, 4) is 11.5 Å². The molecule has 0 aliphatic heterocycles. The van der Waals surface area contributed by atoms with Gasteiger partial charge in [0.15, 0.2) is 0 Å². The van der Waals surface area contributed by atoms with Crippen LogP contribution in [0.2, 0.25) is 0 Å². The summed E-state index contributed by atoms with van der Waals surface area (Å²) in [6.45, 7) is 5.58. The first kappa shape index (κ1) is 11.4.